The summed E-state index contributed by atoms with van der Waals surface area (Å²) in [6.45, 7) is 7.61. The standard InChI is InChI=1S/C16H23N5O3/c1-12-10-19(11-13(2)24-12)8-5-7-17-15-16(21(22)23)20-9-4-3-6-14(20)18-15/h3-4,6,9,12-13,17H,5,7-8,10-11H2,1-2H3/t12-,13-/m0/s1. The topological polar surface area (TPSA) is 84.9 Å². The maximum Gasteiger partial charge on any atom is 0.372 e. The third kappa shape index (κ3) is 3.65. The fraction of sp³-hybridized carbons (Fsp3) is 0.562. The van der Waals surface area contributed by atoms with Crippen molar-refractivity contribution in [1.29, 1.82) is 0 Å². The van der Waals surface area contributed by atoms with E-state index in [1.165, 1.54) is 4.40 Å². The second-order valence-corrected chi connectivity index (χ2v) is 6.27. The van der Waals surface area contributed by atoms with Crippen LogP contribution in [0.25, 0.3) is 5.65 Å². The lowest BCUT2D eigenvalue weighted by molar-refractivity contribution is -0.389. The van der Waals surface area contributed by atoms with Crippen LogP contribution < -0.4 is 5.32 Å². The van der Waals surface area contributed by atoms with Gasteiger partial charge < -0.3 is 20.2 Å². The highest BCUT2D eigenvalue weighted by Crippen LogP contribution is 2.25. The van der Waals surface area contributed by atoms with Crippen LogP contribution in [0.15, 0.2) is 24.4 Å². The van der Waals surface area contributed by atoms with Gasteiger partial charge in [0.1, 0.15) is 0 Å². The van der Waals surface area contributed by atoms with Crippen molar-refractivity contribution in [3.05, 3.63) is 34.5 Å². The molecule has 24 heavy (non-hydrogen) atoms. The van der Waals surface area contributed by atoms with Crippen LogP contribution >= 0.6 is 0 Å². The lowest BCUT2D eigenvalue weighted by Gasteiger charge is -2.35. The Kier molecular flexibility index (Phi) is 4.96. The highest BCUT2D eigenvalue weighted by molar-refractivity contribution is 5.62. The van der Waals surface area contributed by atoms with Gasteiger partial charge in [-0.2, -0.15) is 9.38 Å². The quantitative estimate of drug-likeness (QED) is 0.495. The van der Waals surface area contributed by atoms with E-state index in [0.29, 0.717) is 18.0 Å². The molecule has 130 valence electrons. The Morgan fingerprint density at radius 2 is 2.12 bits per heavy atom. The van der Waals surface area contributed by atoms with Gasteiger partial charge in [-0.15, -0.1) is 0 Å². The van der Waals surface area contributed by atoms with Crippen LogP contribution in [-0.4, -0.2) is 57.6 Å². The summed E-state index contributed by atoms with van der Waals surface area (Å²) in [6, 6.07) is 5.33. The second kappa shape index (κ2) is 7.14. The molecule has 0 amide bonds. The van der Waals surface area contributed by atoms with Crippen LogP contribution in [0.2, 0.25) is 0 Å². The molecule has 8 heteroatoms. The van der Waals surface area contributed by atoms with Crippen molar-refractivity contribution in [2.24, 2.45) is 0 Å². The van der Waals surface area contributed by atoms with Gasteiger partial charge in [0.2, 0.25) is 11.5 Å². The Morgan fingerprint density at radius 1 is 1.38 bits per heavy atom. The number of nitrogens with zero attached hydrogens (tertiary/aromatic N) is 4. The molecule has 1 N–H and O–H groups in total. The molecule has 0 spiro atoms. The van der Waals surface area contributed by atoms with E-state index in [0.717, 1.165) is 26.1 Å². The third-order valence-corrected chi connectivity index (χ3v) is 4.12. The van der Waals surface area contributed by atoms with Crippen molar-refractivity contribution < 1.29 is 9.66 Å². The van der Waals surface area contributed by atoms with Gasteiger partial charge in [0.05, 0.1) is 18.4 Å². The Morgan fingerprint density at radius 3 is 2.83 bits per heavy atom. The zero-order valence-corrected chi connectivity index (χ0v) is 14.0. The number of ether oxygens (including phenoxy) is 1. The van der Waals surface area contributed by atoms with Crippen LogP contribution in [0.5, 0.6) is 0 Å². The highest BCUT2D eigenvalue weighted by atomic mass is 16.6. The van der Waals surface area contributed by atoms with Crippen molar-refractivity contribution in [3.63, 3.8) is 0 Å². The maximum absolute atomic E-state index is 11.3. The minimum Gasteiger partial charge on any atom is -0.373 e. The molecule has 0 radical (unpaired) electrons. The summed E-state index contributed by atoms with van der Waals surface area (Å²) in [7, 11) is 0. The van der Waals surface area contributed by atoms with Gasteiger partial charge in [0.15, 0.2) is 0 Å². The fourth-order valence-electron chi connectivity index (χ4n) is 3.25. The SMILES string of the molecule is C[C@H]1CN(CCCNc2nc3ccccn3c2[N+](=O)[O-])C[C@H](C)O1. The first kappa shape index (κ1) is 16.7. The van der Waals surface area contributed by atoms with Crippen LogP contribution in [0.1, 0.15) is 20.3 Å². The number of fused-ring (bicyclic) bond motifs is 1. The zero-order chi connectivity index (χ0) is 17.1. The minimum atomic E-state index is -0.395. The number of anilines is 1. The van der Waals surface area contributed by atoms with E-state index in [-0.39, 0.29) is 18.0 Å². The fourth-order valence-corrected chi connectivity index (χ4v) is 3.25. The normalized spacial score (nSPS) is 21.9. The number of imidazole rings is 1. The largest absolute Gasteiger partial charge is 0.373 e. The number of hydrogen-bond donors (Lipinski definition) is 1. The number of nitro groups is 1. The number of rotatable bonds is 6. The van der Waals surface area contributed by atoms with Gasteiger partial charge in [0.25, 0.3) is 0 Å². The van der Waals surface area contributed by atoms with Crippen molar-refractivity contribution in [2.45, 2.75) is 32.5 Å². The van der Waals surface area contributed by atoms with Crippen molar-refractivity contribution in [3.8, 4) is 0 Å². The maximum atomic E-state index is 11.3. The number of morpholine rings is 1. The van der Waals surface area contributed by atoms with E-state index in [1.54, 1.807) is 18.3 Å². The smallest absolute Gasteiger partial charge is 0.372 e. The molecule has 0 saturated carbocycles. The molecule has 2 atom stereocenters. The summed E-state index contributed by atoms with van der Waals surface area (Å²) in [5, 5.41) is 14.4. The number of nitrogens with one attached hydrogen (secondary N) is 1. The molecule has 3 heterocycles. The van der Waals surface area contributed by atoms with Gasteiger partial charge in [-0.3, -0.25) is 4.90 Å². The Labute approximate surface area is 140 Å². The summed E-state index contributed by atoms with van der Waals surface area (Å²) in [4.78, 5) is 17.6. The van der Waals surface area contributed by atoms with Gasteiger partial charge in [-0.05, 0) is 31.3 Å². The molecule has 1 fully saturated rings. The highest BCUT2D eigenvalue weighted by Gasteiger charge is 2.23. The predicted molar refractivity (Wildman–Crippen MR) is 91.4 cm³/mol. The van der Waals surface area contributed by atoms with Gasteiger partial charge >= 0.3 is 5.82 Å². The van der Waals surface area contributed by atoms with Crippen LogP contribution in [0.4, 0.5) is 11.6 Å². The monoisotopic (exact) mass is 333 g/mol. The van der Waals surface area contributed by atoms with Crippen molar-refractivity contribution in [1.82, 2.24) is 14.3 Å². The van der Waals surface area contributed by atoms with Gasteiger partial charge in [-0.1, -0.05) is 6.07 Å². The van der Waals surface area contributed by atoms with Crippen LogP contribution in [0, 0.1) is 10.1 Å². The van der Waals surface area contributed by atoms with E-state index >= 15 is 0 Å². The first-order valence-corrected chi connectivity index (χ1v) is 8.27. The van der Waals surface area contributed by atoms with E-state index in [4.69, 9.17) is 4.74 Å². The lowest BCUT2D eigenvalue weighted by atomic mass is 10.2. The molecule has 2 aromatic rings. The Hall–Kier alpha value is -2.19. The molecule has 3 rings (SSSR count). The Bertz CT molecular complexity index is 707. The molecule has 1 aliphatic heterocycles. The predicted octanol–water partition coefficient (Wildman–Crippen LogP) is 2.15. The van der Waals surface area contributed by atoms with E-state index in [2.05, 4.69) is 29.0 Å². The summed E-state index contributed by atoms with van der Waals surface area (Å²) in [5.74, 6) is 0.314. The number of pyridine rings is 1. The molecule has 1 saturated heterocycles. The summed E-state index contributed by atoms with van der Waals surface area (Å²) < 4.78 is 7.22. The molecule has 0 aliphatic carbocycles. The molecule has 0 aromatic carbocycles. The molecule has 0 bridgehead atoms. The van der Waals surface area contributed by atoms with Gasteiger partial charge in [0, 0.05) is 32.2 Å². The van der Waals surface area contributed by atoms with Crippen LogP contribution in [-0.2, 0) is 4.74 Å². The number of hydrogen-bond acceptors (Lipinski definition) is 6. The average Bonchev–Trinajstić information content (AvgIpc) is 2.89. The van der Waals surface area contributed by atoms with Gasteiger partial charge in [-0.25, -0.2) is 0 Å². The summed E-state index contributed by atoms with van der Waals surface area (Å²) >= 11 is 0. The zero-order valence-electron chi connectivity index (χ0n) is 14.0. The van der Waals surface area contributed by atoms with E-state index in [9.17, 15) is 10.1 Å². The summed E-state index contributed by atoms with van der Waals surface area (Å²) in [6.07, 6.45) is 3.05. The second-order valence-electron chi connectivity index (χ2n) is 6.27. The van der Waals surface area contributed by atoms with Crippen molar-refractivity contribution >= 4 is 17.3 Å². The first-order valence-electron chi connectivity index (χ1n) is 8.27. The minimum absolute atomic E-state index is 0.0146. The molecule has 1 aliphatic rings. The van der Waals surface area contributed by atoms with Crippen molar-refractivity contribution in [2.75, 3.05) is 31.5 Å². The molecular weight excluding hydrogens is 310 g/mol. The third-order valence-electron chi connectivity index (χ3n) is 4.12. The molecular formula is C16H23N5O3. The first-order chi connectivity index (χ1) is 11.5. The molecule has 0 unspecified atom stereocenters. The summed E-state index contributed by atoms with van der Waals surface area (Å²) in [5.41, 5.74) is 0.572. The van der Waals surface area contributed by atoms with Crippen LogP contribution in [0.3, 0.4) is 0 Å². The number of aromatic nitrogens is 2. The van der Waals surface area contributed by atoms with E-state index < -0.39 is 4.92 Å². The van der Waals surface area contributed by atoms with E-state index in [1.807, 2.05) is 6.07 Å². The average molecular weight is 333 g/mol. The molecule has 8 nitrogen and oxygen atoms in total. The lowest BCUT2D eigenvalue weighted by Crippen LogP contribution is -2.45. The molecule has 2 aromatic heterocycles. The Balaban J connectivity index is 1.58.